The molecule has 0 fully saturated rings. The maximum Gasteiger partial charge on any atom is 0.295 e. The molecule has 0 spiro atoms. The molecule has 0 atom stereocenters. The Hall–Kier alpha value is -3.59. The number of carbonyl (C=O) groups is 1. The zero-order chi connectivity index (χ0) is 20.3. The summed E-state index contributed by atoms with van der Waals surface area (Å²) in [6, 6.07) is 9.85. The Balaban J connectivity index is 2.01. The number of carbonyl (C=O) groups excluding carboxylic acids is 1. The maximum absolute atomic E-state index is 12.5. The van der Waals surface area contributed by atoms with Crippen LogP contribution >= 0.6 is 0 Å². The summed E-state index contributed by atoms with van der Waals surface area (Å²) in [5.74, 6) is 0.00651. The molecule has 3 aromatic rings. The molecule has 0 aliphatic heterocycles. The molecule has 0 radical (unpaired) electrons. The number of amides is 1. The largest absolute Gasteiger partial charge is 0.493 e. The van der Waals surface area contributed by atoms with Gasteiger partial charge < -0.3 is 24.4 Å². The van der Waals surface area contributed by atoms with Crippen LogP contribution in [0.25, 0.3) is 10.9 Å². The van der Waals surface area contributed by atoms with Gasteiger partial charge >= 0.3 is 0 Å². The Bertz CT molecular complexity index is 1030. The molecule has 0 saturated heterocycles. The Morgan fingerprint density at radius 3 is 2.29 bits per heavy atom. The van der Waals surface area contributed by atoms with E-state index in [-0.39, 0.29) is 17.1 Å². The molecule has 9 nitrogen and oxygen atoms in total. The van der Waals surface area contributed by atoms with Crippen molar-refractivity contribution in [3.8, 4) is 23.1 Å². The zero-order valence-corrected chi connectivity index (χ0v) is 15.5. The topological polar surface area (TPSA) is 115 Å². The van der Waals surface area contributed by atoms with E-state index in [1.807, 2.05) is 0 Å². The van der Waals surface area contributed by atoms with E-state index in [9.17, 15) is 15.0 Å². The average Bonchev–Trinajstić information content (AvgIpc) is 3.01. The van der Waals surface area contributed by atoms with E-state index >= 15 is 0 Å². The predicted molar refractivity (Wildman–Crippen MR) is 101 cm³/mol. The van der Waals surface area contributed by atoms with Gasteiger partial charge in [-0.2, -0.15) is 0 Å². The first-order valence-electron chi connectivity index (χ1n) is 8.22. The van der Waals surface area contributed by atoms with Gasteiger partial charge in [0.25, 0.3) is 5.91 Å². The molecule has 2 aromatic carbocycles. The molecule has 3 rings (SSSR count). The van der Waals surface area contributed by atoms with Crippen LogP contribution in [-0.2, 0) is 6.73 Å². The fourth-order valence-corrected chi connectivity index (χ4v) is 2.87. The van der Waals surface area contributed by atoms with Crippen LogP contribution in [0.5, 0.6) is 23.1 Å². The highest BCUT2D eigenvalue weighted by atomic mass is 16.5. The molecule has 9 heteroatoms. The third-order valence-corrected chi connectivity index (χ3v) is 4.21. The van der Waals surface area contributed by atoms with E-state index in [2.05, 4.69) is 10.2 Å². The van der Waals surface area contributed by atoms with E-state index in [1.165, 1.54) is 38.0 Å². The smallest absolute Gasteiger partial charge is 0.295 e. The van der Waals surface area contributed by atoms with E-state index in [1.54, 1.807) is 24.3 Å². The fraction of sp³-hybridized carbons (Fsp3) is 0.211. The van der Waals surface area contributed by atoms with Gasteiger partial charge in [-0.15, -0.1) is 10.2 Å². The lowest BCUT2D eigenvalue weighted by atomic mass is 10.1. The Morgan fingerprint density at radius 2 is 1.71 bits per heavy atom. The number of fused-ring (bicyclic) bond motifs is 1. The number of aromatic hydroxyl groups is 1. The summed E-state index contributed by atoms with van der Waals surface area (Å²) >= 11 is 0. The summed E-state index contributed by atoms with van der Waals surface area (Å²) < 4.78 is 16.9. The normalized spacial score (nSPS) is 11.1. The molecule has 0 aliphatic carbocycles. The quantitative estimate of drug-likeness (QED) is 0.630. The number of aliphatic hydroxyl groups excluding tert-OH is 1. The molecule has 146 valence electrons. The molecular weight excluding hydrogens is 366 g/mol. The van der Waals surface area contributed by atoms with Gasteiger partial charge in [-0.05, 0) is 18.2 Å². The molecule has 28 heavy (non-hydrogen) atoms. The van der Waals surface area contributed by atoms with E-state index in [4.69, 9.17) is 14.2 Å². The molecule has 2 N–H and O–H groups in total. The minimum atomic E-state index is -0.667. The summed E-state index contributed by atoms with van der Waals surface area (Å²) in [4.78, 5) is 12.5. The number of nitrogens with zero attached hydrogens (tertiary/aromatic N) is 3. The van der Waals surface area contributed by atoms with Crippen LogP contribution in [0.1, 0.15) is 10.4 Å². The maximum atomic E-state index is 12.5. The number of rotatable bonds is 6. The van der Waals surface area contributed by atoms with Crippen molar-refractivity contribution in [2.24, 2.45) is 10.2 Å². The molecule has 0 bridgehead atoms. The molecule has 0 unspecified atom stereocenters. The van der Waals surface area contributed by atoms with Crippen LogP contribution in [-0.4, -0.2) is 42.0 Å². The first-order chi connectivity index (χ1) is 13.5. The lowest BCUT2D eigenvalue weighted by molar-refractivity contribution is 0.0994. The summed E-state index contributed by atoms with van der Waals surface area (Å²) in [6.07, 6.45) is 0. The first-order valence-corrected chi connectivity index (χ1v) is 8.22. The van der Waals surface area contributed by atoms with Gasteiger partial charge in [0.1, 0.15) is 6.73 Å². The van der Waals surface area contributed by atoms with Crippen molar-refractivity contribution in [2.75, 3.05) is 21.3 Å². The van der Waals surface area contributed by atoms with Crippen molar-refractivity contribution in [3.63, 3.8) is 0 Å². The van der Waals surface area contributed by atoms with Crippen LogP contribution in [0.15, 0.2) is 46.6 Å². The Morgan fingerprint density at radius 1 is 1.07 bits per heavy atom. The molecule has 1 amide bonds. The number of para-hydroxylation sites is 1. The van der Waals surface area contributed by atoms with Gasteiger partial charge in [0.2, 0.25) is 11.6 Å². The van der Waals surface area contributed by atoms with Crippen molar-refractivity contribution in [3.05, 3.63) is 42.0 Å². The van der Waals surface area contributed by atoms with Gasteiger partial charge in [0, 0.05) is 5.39 Å². The summed E-state index contributed by atoms with van der Waals surface area (Å²) in [7, 11) is 4.34. The number of azo groups is 1. The number of ether oxygens (including phenoxy) is 3. The third-order valence-electron chi connectivity index (χ3n) is 4.21. The lowest BCUT2D eigenvalue weighted by Crippen LogP contribution is -2.00. The minimum absolute atomic E-state index is 0.0884. The van der Waals surface area contributed by atoms with Crippen molar-refractivity contribution in [2.45, 2.75) is 6.73 Å². The van der Waals surface area contributed by atoms with Gasteiger partial charge in [0.15, 0.2) is 17.2 Å². The molecule has 0 aliphatic rings. The second-order valence-electron chi connectivity index (χ2n) is 5.68. The second-order valence-corrected chi connectivity index (χ2v) is 5.68. The second kappa shape index (κ2) is 7.97. The van der Waals surface area contributed by atoms with Gasteiger partial charge in [0.05, 0.1) is 32.4 Å². The highest BCUT2D eigenvalue weighted by Crippen LogP contribution is 2.40. The van der Waals surface area contributed by atoms with Crippen LogP contribution in [0.2, 0.25) is 0 Å². The average molecular weight is 385 g/mol. The van der Waals surface area contributed by atoms with E-state index < -0.39 is 12.6 Å². The standard InChI is InChI=1S/C19H19N3O6/c1-26-14-8-11(9-15(27-2)17(14)28-3)18(24)21-20-16-12-6-4-5-7-13(12)22(10-23)19(16)25/h4-9,23,25H,10H2,1-3H3. The molecule has 0 saturated carbocycles. The number of hydrogen-bond donors (Lipinski definition) is 2. The number of methoxy groups -OCH3 is 3. The number of hydrogen-bond acceptors (Lipinski definition) is 7. The SMILES string of the molecule is COc1cc(C(=O)N=Nc2c(O)n(CO)c3ccccc23)cc(OC)c1OC. The van der Waals surface area contributed by atoms with Gasteiger partial charge in [-0.1, -0.05) is 18.2 Å². The van der Waals surface area contributed by atoms with Crippen molar-refractivity contribution >= 4 is 22.5 Å². The van der Waals surface area contributed by atoms with Crippen LogP contribution in [0.4, 0.5) is 5.69 Å². The Kier molecular flexibility index (Phi) is 5.46. The Labute approximate surface area is 160 Å². The van der Waals surface area contributed by atoms with Crippen LogP contribution < -0.4 is 14.2 Å². The number of aliphatic hydroxyl groups is 1. The first kappa shape index (κ1) is 19.2. The fourth-order valence-electron chi connectivity index (χ4n) is 2.87. The van der Waals surface area contributed by atoms with Crippen LogP contribution in [0.3, 0.4) is 0 Å². The van der Waals surface area contributed by atoms with Crippen molar-refractivity contribution < 1.29 is 29.2 Å². The number of aromatic nitrogens is 1. The highest BCUT2D eigenvalue weighted by Gasteiger charge is 2.19. The summed E-state index contributed by atoms with van der Waals surface area (Å²) in [5, 5.41) is 28.0. The van der Waals surface area contributed by atoms with E-state index in [0.29, 0.717) is 28.2 Å². The van der Waals surface area contributed by atoms with Gasteiger partial charge in [-0.25, -0.2) is 0 Å². The molecule has 1 heterocycles. The lowest BCUT2D eigenvalue weighted by Gasteiger charge is -2.12. The molecule has 1 aromatic heterocycles. The van der Waals surface area contributed by atoms with Crippen molar-refractivity contribution in [1.82, 2.24) is 4.57 Å². The van der Waals surface area contributed by atoms with Crippen LogP contribution in [0, 0.1) is 0 Å². The molecular formula is C19H19N3O6. The predicted octanol–water partition coefficient (Wildman–Crippen LogP) is 3.25. The van der Waals surface area contributed by atoms with E-state index in [0.717, 1.165) is 0 Å². The highest BCUT2D eigenvalue weighted by molar-refractivity contribution is 5.98. The zero-order valence-electron chi connectivity index (χ0n) is 15.5. The summed E-state index contributed by atoms with van der Waals surface area (Å²) in [6.45, 7) is -0.442. The third kappa shape index (κ3) is 3.23. The number of benzene rings is 2. The summed E-state index contributed by atoms with van der Waals surface area (Å²) in [5.41, 5.74) is 0.825. The van der Waals surface area contributed by atoms with Gasteiger partial charge in [-0.3, -0.25) is 9.36 Å². The monoisotopic (exact) mass is 385 g/mol. The minimum Gasteiger partial charge on any atom is -0.493 e. The van der Waals surface area contributed by atoms with Crippen molar-refractivity contribution in [1.29, 1.82) is 0 Å².